The molecule has 0 aromatic carbocycles. The van der Waals surface area contributed by atoms with Crippen LogP contribution in [0, 0.1) is 5.92 Å². The zero-order valence-corrected chi connectivity index (χ0v) is 12.1. The van der Waals surface area contributed by atoms with E-state index in [4.69, 9.17) is 19.1 Å². The van der Waals surface area contributed by atoms with Gasteiger partial charge in [-0.15, -0.1) is 0 Å². The molecule has 0 aliphatic heterocycles. The molecule has 0 saturated heterocycles. The number of carboxylic acid groups (broad SMARTS) is 2. The maximum Gasteiger partial charge on any atom is 0.334 e. The summed E-state index contributed by atoms with van der Waals surface area (Å²) in [5.41, 5.74) is 0. The standard InChI is InChI=1S/C11H22O6Si/c1-4-16-18(3,17-5-2)7-6-9(11(14)15)8-10(12)13/h9H,4-8H2,1-3H3,(H,12,13)(H,14,15). The van der Waals surface area contributed by atoms with Crippen molar-refractivity contribution in [2.24, 2.45) is 5.92 Å². The zero-order valence-electron chi connectivity index (χ0n) is 11.1. The molecule has 0 rings (SSSR count). The molecule has 0 saturated carbocycles. The van der Waals surface area contributed by atoms with Gasteiger partial charge in [-0.1, -0.05) is 0 Å². The maximum atomic E-state index is 10.9. The van der Waals surface area contributed by atoms with Crippen LogP contribution in [0.1, 0.15) is 26.7 Å². The number of hydrogen-bond donors (Lipinski definition) is 2. The quantitative estimate of drug-likeness (QED) is 0.591. The Morgan fingerprint density at radius 2 is 1.67 bits per heavy atom. The molecule has 7 heteroatoms. The van der Waals surface area contributed by atoms with E-state index in [1.165, 1.54) is 0 Å². The predicted octanol–water partition coefficient (Wildman–Crippen LogP) is 1.70. The van der Waals surface area contributed by atoms with E-state index in [1.54, 1.807) is 0 Å². The first-order valence-electron chi connectivity index (χ1n) is 6.07. The lowest BCUT2D eigenvalue weighted by molar-refractivity contribution is -0.148. The van der Waals surface area contributed by atoms with Crippen LogP contribution in [0.3, 0.4) is 0 Å². The van der Waals surface area contributed by atoms with Crippen LogP contribution in [0.25, 0.3) is 0 Å². The Balaban J connectivity index is 4.45. The number of hydrogen-bond acceptors (Lipinski definition) is 4. The van der Waals surface area contributed by atoms with Gasteiger partial charge in [-0.2, -0.15) is 0 Å². The number of rotatable bonds is 10. The molecule has 0 radical (unpaired) electrons. The predicted molar refractivity (Wildman–Crippen MR) is 67.7 cm³/mol. The topological polar surface area (TPSA) is 93.1 Å². The second kappa shape index (κ2) is 8.23. The molecule has 2 N–H and O–H groups in total. The van der Waals surface area contributed by atoms with E-state index in [2.05, 4.69) is 0 Å². The Morgan fingerprint density at radius 1 is 1.17 bits per heavy atom. The third kappa shape index (κ3) is 6.73. The van der Waals surface area contributed by atoms with Crippen molar-refractivity contribution in [2.75, 3.05) is 13.2 Å². The molecular formula is C11H22O6Si. The molecule has 18 heavy (non-hydrogen) atoms. The lowest BCUT2D eigenvalue weighted by Gasteiger charge is -2.26. The van der Waals surface area contributed by atoms with Gasteiger partial charge in [-0.25, -0.2) is 0 Å². The largest absolute Gasteiger partial charge is 0.481 e. The summed E-state index contributed by atoms with van der Waals surface area (Å²) in [7, 11) is -2.37. The van der Waals surface area contributed by atoms with Crippen LogP contribution < -0.4 is 0 Å². The van der Waals surface area contributed by atoms with E-state index in [0.717, 1.165) is 0 Å². The van der Waals surface area contributed by atoms with Gasteiger partial charge in [-0.05, 0) is 32.9 Å². The van der Waals surface area contributed by atoms with Crippen molar-refractivity contribution in [3.05, 3.63) is 0 Å². The minimum absolute atomic E-state index is 0.268. The summed E-state index contributed by atoms with van der Waals surface area (Å²) >= 11 is 0. The Kier molecular flexibility index (Phi) is 7.80. The maximum absolute atomic E-state index is 10.9. The summed E-state index contributed by atoms with van der Waals surface area (Å²) < 4.78 is 11.2. The van der Waals surface area contributed by atoms with Crippen molar-refractivity contribution in [3.63, 3.8) is 0 Å². The van der Waals surface area contributed by atoms with Gasteiger partial charge < -0.3 is 19.1 Å². The van der Waals surface area contributed by atoms with Crippen molar-refractivity contribution in [3.8, 4) is 0 Å². The van der Waals surface area contributed by atoms with Gasteiger partial charge >= 0.3 is 20.5 Å². The van der Waals surface area contributed by atoms with Gasteiger partial charge in [-0.3, -0.25) is 9.59 Å². The molecule has 0 spiro atoms. The average Bonchev–Trinajstić information content (AvgIpc) is 2.24. The number of aliphatic carboxylic acids is 2. The summed E-state index contributed by atoms with van der Waals surface area (Å²) in [6, 6.07) is 0.485. The molecule has 106 valence electrons. The van der Waals surface area contributed by atoms with Crippen LogP contribution in [-0.4, -0.2) is 43.9 Å². The van der Waals surface area contributed by atoms with E-state index in [1.807, 2.05) is 20.4 Å². The van der Waals surface area contributed by atoms with Crippen LogP contribution in [0.5, 0.6) is 0 Å². The summed E-state index contributed by atoms with van der Waals surface area (Å²) in [4.78, 5) is 21.5. The van der Waals surface area contributed by atoms with Crippen molar-refractivity contribution in [1.82, 2.24) is 0 Å². The van der Waals surface area contributed by atoms with Crippen LogP contribution in [-0.2, 0) is 18.4 Å². The summed E-state index contributed by atoms with van der Waals surface area (Å²) in [5, 5.41) is 17.6. The zero-order chi connectivity index (χ0) is 14.2. The highest BCUT2D eigenvalue weighted by Crippen LogP contribution is 2.21. The van der Waals surface area contributed by atoms with Crippen LogP contribution in [0.15, 0.2) is 0 Å². The second-order valence-corrected chi connectivity index (χ2v) is 7.52. The van der Waals surface area contributed by atoms with Gasteiger partial charge in [0.05, 0.1) is 12.3 Å². The van der Waals surface area contributed by atoms with Gasteiger partial charge in [0.1, 0.15) is 0 Å². The van der Waals surface area contributed by atoms with E-state index in [-0.39, 0.29) is 12.8 Å². The molecule has 0 aliphatic rings. The highest BCUT2D eigenvalue weighted by atomic mass is 28.4. The molecule has 0 heterocycles. The molecule has 6 nitrogen and oxygen atoms in total. The van der Waals surface area contributed by atoms with Crippen molar-refractivity contribution >= 4 is 20.5 Å². The van der Waals surface area contributed by atoms with Crippen molar-refractivity contribution < 1.29 is 28.7 Å². The Morgan fingerprint density at radius 3 is 2.00 bits per heavy atom. The molecule has 0 aromatic heterocycles. The molecule has 1 atom stereocenters. The Hall–Kier alpha value is -0.923. The van der Waals surface area contributed by atoms with Crippen LogP contribution >= 0.6 is 0 Å². The minimum Gasteiger partial charge on any atom is -0.481 e. The minimum atomic E-state index is -2.37. The van der Waals surface area contributed by atoms with Gasteiger partial charge in [0.2, 0.25) is 0 Å². The first kappa shape index (κ1) is 17.1. The summed E-state index contributed by atoms with van der Waals surface area (Å²) in [5.74, 6) is -3.06. The molecule has 0 aromatic rings. The first-order valence-corrected chi connectivity index (χ1v) is 8.59. The molecular weight excluding hydrogens is 256 g/mol. The lowest BCUT2D eigenvalue weighted by atomic mass is 10.0. The smallest absolute Gasteiger partial charge is 0.334 e. The third-order valence-electron chi connectivity index (χ3n) is 2.62. The normalized spacial score (nSPS) is 13.3. The molecule has 0 bridgehead atoms. The number of carbonyl (C=O) groups is 2. The fraction of sp³-hybridized carbons (Fsp3) is 0.818. The molecule has 0 fully saturated rings. The fourth-order valence-corrected chi connectivity index (χ4v) is 4.22. The number of carboxylic acids is 2. The van der Waals surface area contributed by atoms with Crippen LogP contribution in [0.4, 0.5) is 0 Å². The van der Waals surface area contributed by atoms with E-state index < -0.39 is 26.4 Å². The summed E-state index contributed by atoms with van der Waals surface area (Å²) in [6.45, 7) is 6.62. The Bertz CT molecular complexity index is 275. The average molecular weight is 278 g/mol. The lowest BCUT2D eigenvalue weighted by Crippen LogP contribution is -2.39. The molecule has 1 unspecified atom stereocenters. The van der Waals surface area contributed by atoms with Gasteiger partial charge in [0.15, 0.2) is 0 Å². The highest BCUT2D eigenvalue weighted by molar-refractivity contribution is 6.66. The highest BCUT2D eigenvalue weighted by Gasteiger charge is 2.33. The van der Waals surface area contributed by atoms with E-state index in [0.29, 0.717) is 19.3 Å². The molecule has 0 aliphatic carbocycles. The summed E-state index contributed by atoms with van der Waals surface area (Å²) in [6.07, 6.45) is -0.0948. The monoisotopic (exact) mass is 278 g/mol. The van der Waals surface area contributed by atoms with E-state index >= 15 is 0 Å². The van der Waals surface area contributed by atoms with Gasteiger partial charge in [0, 0.05) is 13.2 Å². The third-order valence-corrected chi connectivity index (χ3v) is 5.61. The first-order chi connectivity index (χ1) is 8.34. The molecule has 0 amide bonds. The SMILES string of the molecule is CCO[Si](C)(CCC(CC(=O)O)C(=O)O)OCC. The fourth-order valence-electron chi connectivity index (χ4n) is 1.76. The Labute approximate surface area is 108 Å². The van der Waals surface area contributed by atoms with E-state index in [9.17, 15) is 9.59 Å². The van der Waals surface area contributed by atoms with Gasteiger partial charge in [0.25, 0.3) is 0 Å². The van der Waals surface area contributed by atoms with Crippen molar-refractivity contribution in [1.29, 1.82) is 0 Å². The van der Waals surface area contributed by atoms with Crippen molar-refractivity contribution in [2.45, 2.75) is 39.3 Å². The van der Waals surface area contributed by atoms with Crippen LogP contribution in [0.2, 0.25) is 12.6 Å². The second-order valence-electron chi connectivity index (χ2n) is 4.17.